The van der Waals surface area contributed by atoms with E-state index in [1.807, 2.05) is 46.9 Å². The zero-order valence-corrected chi connectivity index (χ0v) is 19.4. The molecule has 2 rings (SSSR count). The van der Waals surface area contributed by atoms with Crippen molar-refractivity contribution in [3.8, 4) is 5.75 Å². The molecule has 9 heteroatoms. The summed E-state index contributed by atoms with van der Waals surface area (Å²) in [7, 11) is 1.98. The Kier molecular flexibility index (Phi) is 11.6. The number of aliphatic imine (C=N–C) groups is 1. The highest BCUT2D eigenvalue weighted by Gasteiger charge is 2.07. The van der Waals surface area contributed by atoms with E-state index in [1.54, 1.807) is 6.33 Å². The summed E-state index contributed by atoms with van der Waals surface area (Å²) in [5, 5.41) is 12.0. The van der Waals surface area contributed by atoms with Gasteiger partial charge in [0, 0.05) is 31.6 Å². The van der Waals surface area contributed by atoms with E-state index < -0.39 is 0 Å². The quantitative estimate of drug-likeness (QED) is 0.226. The number of hydrogen-bond acceptors (Lipinski definition) is 4. The fourth-order valence-electron chi connectivity index (χ4n) is 2.42. The number of aryl methyl sites for hydroxylation is 1. The first-order chi connectivity index (χ1) is 13.1. The molecule has 0 aliphatic heterocycles. The van der Waals surface area contributed by atoms with Crippen LogP contribution in [0.2, 0.25) is 5.02 Å². The van der Waals surface area contributed by atoms with Gasteiger partial charge >= 0.3 is 0 Å². The summed E-state index contributed by atoms with van der Waals surface area (Å²) in [6.45, 7) is 9.07. The molecule has 0 aliphatic rings. The first-order valence-electron chi connectivity index (χ1n) is 8.99. The van der Waals surface area contributed by atoms with Gasteiger partial charge in [0.05, 0.1) is 13.1 Å². The maximum absolute atomic E-state index is 5.89. The number of nitrogens with one attached hydrogen (secondary N) is 1. The molecular formula is C19H28ClIN6O. The summed E-state index contributed by atoms with van der Waals surface area (Å²) >= 11 is 5.89. The minimum Gasteiger partial charge on any atom is -0.492 e. The molecule has 0 atom stereocenters. The molecular weight excluding hydrogens is 491 g/mol. The molecule has 1 aromatic carbocycles. The molecule has 154 valence electrons. The van der Waals surface area contributed by atoms with Crippen LogP contribution in [0.4, 0.5) is 0 Å². The molecule has 0 saturated heterocycles. The van der Waals surface area contributed by atoms with Crippen molar-refractivity contribution in [1.82, 2.24) is 25.0 Å². The normalized spacial score (nSPS) is 10.9. The lowest BCUT2D eigenvalue weighted by molar-refractivity contribution is 0.281. The van der Waals surface area contributed by atoms with E-state index in [2.05, 4.69) is 34.0 Å². The molecule has 7 nitrogen and oxygen atoms in total. The van der Waals surface area contributed by atoms with Gasteiger partial charge in [-0.25, -0.2) is 0 Å². The lowest BCUT2D eigenvalue weighted by Gasteiger charge is -2.22. The van der Waals surface area contributed by atoms with Gasteiger partial charge in [-0.15, -0.1) is 40.8 Å². The third-order valence-corrected chi connectivity index (χ3v) is 4.14. The van der Waals surface area contributed by atoms with Gasteiger partial charge in [0.2, 0.25) is 0 Å². The Hall–Kier alpha value is -1.81. The van der Waals surface area contributed by atoms with Crippen LogP contribution < -0.4 is 10.1 Å². The maximum atomic E-state index is 5.89. The smallest absolute Gasteiger partial charge is 0.194 e. The Morgan fingerprint density at radius 2 is 2.14 bits per heavy atom. The number of rotatable bonds is 10. The molecule has 0 bridgehead atoms. The number of guanidine groups is 1. The van der Waals surface area contributed by atoms with E-state index in [4.69, 9.17) is 16.3 Å². The second kappa shape index (κ2) is 13.4. The molecule has 0 radical (unpaired) electrons. The minimum absolute atomic E-state index is 0. The summed E-state index contributed by atoms with van der Waals surface area (Å²) in [6, 6.07) is 7.35. The van der Waals surface area contributed by atoms with Gasteiger partial charge in [-0.3, -0.25) is 4.99 Å². The number of ether oxygens (including phenoxy) is 1. The molecule has 0 fully saturated rings. The van der Waals surface area contributed by atoms with Gasteiger partial charge in [0.25, 0.3) is 0 Å². The van der Waals surface area contributed by atoms with Crippen LogP contribution in [-0.2, 0) is 13.0 Å². The van der Waals surface area contributed by atoms with Crippen molar-refractivity contribution in [2.45, 2.75) is 19.9 Å². The second-order valence-corrected chi connectivity index (χ2v) is 6.33. The molecule has 1 aromatic heterocycles. The van der Waals surface area contributed by atoms with Crippen LogP contribution in [-0.4, -0.2) is 58.9 Å². The lowest BCUT2D eigenvalue weighted by Crippen LogP contribution is -2.41. The SMILES string of the molecule is C=CCNC(=NCCn1cnnc1CC)N(C)CCOc1ccc(Cl)cc1.I. The second-order valence-electron chi connectivity index (χ2n) is 5.89. The Morgan fingerprint density at radius 1 is 1.39 bits per heavy atom. The number of hydrogen-bond donors (Lipinski definition) is 1. The Morgan fingerprint density at radius 3 is 2.82 bits per heavy atom. The van der Waals surface area contributed by atoms with Crippen LogP contribution in [0, 0.1) is 0 Å². The van der Waals surface area contributed by atoms with E-state index in [1.165, 1.54) is 0 Å². The molecule has 2 aromatic rings. The maximum Gasteiger partial charge on any atom is 0.194 e. The lowest BCUT2D eigenvalue weighted by atomic mass is 10.3. The summed E-state index contributed by atoms with van der Waals surface area (Å²) in [5.41, 5.74) is 0. The molecule has 1 N–H and O–H groups in total. The fraction of sp³-hybridized carbons (Fsp3) is 0.421. The van der Waals surface area contributed by atoms with Crippen molar-refractivity contribution in [3.05, 3.63) is 54.1 Å². The average Bonchev–Trinajstić information content (AvgIpc) is 3.13. The van der Waals surface area contributed by atoms with Gasteiger partial charge in [0.1, 0.15) is 24.5 Å². The third kappa shape index (κ3) is 8.05. The summed E-state index contributed by atoms with van der Waals surface area (Å²) < 4.78 is 7.78. The van der Waals surface area contributed by atoms with Crippen LogP contribution >= 0.6 is 35.6 Å². The van der Waals surface area contributed by atoms with Crippen molar-refractivity contribution in [2.75, 3.05) is 33.3 Å². The van der Waals surface area contributed by atoms with Crippen molar-refractivity contribution in [2.24, 2.45) is 4.99 Å². The first kappa shape index (κ1) is 24.2. The van der Waals surface area contributed by atoms with Gasteiger partial charge in [-0.2, -0.15) is 0 Å². The highest BCUT2D eigenvalue weighted by molar-refractivity contribution is 14.0. The van der Waals surface area contributed by atoms with Crippen LogP contribution in [0.5, 0.6) is 5.75 Å². The predicted octanol–water partition coefficient (Wildman–Crippen LogP) is 3.25. The Bertz CT molecular complexity index is 734. The van der Waals surface area contributed by atoms with E-state index in [-0.39, 0.29) is 24.0 Å². The van der Waals surface area contributed by atoms with Crippen LogP contribution in [0.15, 0.2) is 48.2 Å². The molecule has 0 saturated carbocycles. The molecule has 0 spiro atoms. The molecule has 0 unspecified atom stereocenters. The summed E-state index contributed by atoms with van der Waals surface area (Å²) in [5.74, 6) is 2.57. The molecule has 0 amide bonds. The Labute approximate surface area is 188 Å². The summed E-state index contributed by atoms with van der Waals surface area (Å²) in [4.78, 5) is 6.72. The number of likely N-dealkylation sites (N-methyl/N-ethyl adjacent to an activating group) is 1. The van der Waals surface area contributed by atoms with Gasteiger partial charge < -0.3 is 19.5 Å². The number of nitrogens with zero attached hydrogens (tertiary/aromatic N) is 5. The zero-order valence-electron chi connectivity index (χ0n) is 16.3. The molecule has 0 aliphatic carbocycles. The average molecular weight is 519 g/mol. The standard InChI is InChI=1S/C19H27ClN6O.HI/c1-4-10-21-19(22-11-12-26-15-23-24-18(26)5-2)25(3)13-14-27-17-8-6-16(20)7-9-17;/h4,6-9,15H,1,5,10-14H2,2-3H3,(H,21,22);1H. The topological polar surface area (TPSA) is 67.6 Å². The first-order valence-corrected chi connectivity index (χ1v) is 9.37. The van der Waals surface area contributed by atoms with E-state index >= 15 is 0 Å². The van der Waals surface area contributed by atoms with Gasteiger partial charge in [-0.1, -0.05) is 24.6 Å². The Balaban J connectivity index is 0.00000392. The van der Waals surface area contributed by atoms with Crippen molar-refractivity contribution in [3.63, 3.8) is 0 Å². The van der Waals surface area contributed by atoms with Gasteiger partial charge in [0.15, 0.2) is 5.96 Å². The van der Waals surface area contributed by atoms with Crippen LogP contribution in [0.25, 0.3) is 0 Å². The number of halogens is 2. The third-order valence-electron chi connectivity index (χ3n) is 3.89. The number of aromatic nitrogens is 3. The van der Waals surface area contributed by atoms with Crippen molar-refractivity contribution < 1.29 is 4.74 Å². The molecule has 28 heavy (non-hydrogen) atoms. The van der Waals surface area contributed by atoms with Crippen LogP contribution in [0.1, 0.15) is 12.7 Å². The predicted molar refractivity (Wildman–Crippen MR) is 125 cm³/mol. The fourth-order valence-corrected chi connectivity index (χ4v) is 2.54. The largest absolute Gasteiger partial charge is 0.492 e. The van der Waals surface area contributed by atoms with Gasteiger partial charge in [-0.05, 0) is 24.3 Å². The monoisotopic (exact) mass is 518 g/mol. The minimum atomic E-state index is 0. The highest BCUT2D eigenvalue weighted by atomic mass is 127. The van der Waals surface area contributed by atoms with E-state index in [0.29, 0.717) is 31.3 Å². The van der Waals surface area contributed by atoms with Crippen molar-refractivity contribution in [1.29, 1.82) is 0 Å². The zero-order chi connectivity index (χ0) is 19.5. The van der Waals surface area contributed by atoms with E-state index in [9.17, 15) is 0 Å². The number of benzene rings is 1. The molecule has 1 heterocycles. The summed E-state index contributed by atoms with van der Waals surface area (Å²) in [6.07, 6.45) is 4.41. The van der Waals surface area contributed by atoms with Crippen LogP contribution in [0.3, 0.4) is 0 Å². The highest BCUT2D eigenvalue weighted by Crippen LogP contribution is 2.15. The van der Waals surface area contributed by atoms with Crippen molar-refractivity contribution >= 4 is 41.5 Å². The van der Waals surface area contributed by atoms with E-state index in [0.717, 1.165) is 30.5 Å².